The monoisotopic (exact) mass is 439 g/mol. The Kier molecular flexibility index (Phi) is 8.59. The number of halogens is 5. The van der Waals surface area contributed by atoms with Crippen LogP contribution in [0.2, 0.25) is 0 Å². The first-order chi connectivity index (χ1) is 12.4. The van der Waals surface area contributed by atoms with E-state index < -0.39 is 17.6 Å². The van der Waals surface area contributed by atoms with Gasteiger partial charge in [-0.3, -0.25) is 9.89 Å². The maximum atomic E-state index is 13.0. The first kappa shape index (κ1) is 24.1. The highest BCUT2D eigenvalue weighted by atomic mass is 35.5. The van der Waals surface area contributed by atoms with Gasteiger partial charge < -0.3 is 16.0 Å². The summed E-state index contributed by atoms with van der Waals surface area (Å²) in [5.41, 5.74) is 1.53. The zero-order valence-corrected chi connectivity index (χ0v) is 16.7. The molecule has 1 aliphatic rings. The largest absolute Gasteiger partial charge is 0.416 e. The Morgan fingerprint density at radius 3 is 2.68 bits per heavy atom. The van der Waals surface area contributed by atoms with Crippen molar-refractivity contribution in [2.45, 2.75) is 32.5 Å². The van der Waals surface area contributed by atoms with E-state index in [1.54, 1.807) is 0 Å². The lowest BCUT2D eigenvalue weighted by Crippen LogP contribution is -2.25. The number of alkyl halides is 3. The number of anilines is 2. The average Bonchev–Trinajstić information content (AvgIpc) is 3.04. The molecule has 28 heavy (non-hydrogen) atoms. The number of rotatable bonds is 5. The highest BCUT2D eigenvalue weighted by Crippen LogP contribution is 2.34. The summed E-state index contributed by atoms with van der Waals surface area (Å²) in [6.07, 6.45) is -2.96. The topological polar surface area (TPSA) is 81.8 Å². The first-order valence-electron chi connectivity index (χ1n) is 8.43. The molecule has 0 aliphatic carbocycles. The molecule has 4 N–H and O–H groups in total. The maximum Gasteiger partial charge on any atom is 0.416 e. The van der Waals surface area contributed by atoms with Gasteiger partial charge in [-0.25, -0.2) is 0 Å². The number of nitrogens with one attached hydrogen (secondary N) is 4. The molecule has 3 rings (SSSR count). The molecule has 11 heteroatoms. The van der Waals surface area contributed by atoms with Gasteiger partial charge in [-0.2, -0.15) is 18.3 Å². The molecule has 2 heterocycles. The van der Waals surface area contributed by atoms with Crippen LogP contribution < -0.4 is 16.0 Å². The Bertz CT molecular complexity index is 811. The van der Waals surface area contributed by atoms with Crippen molar-refractivity contribution in [1.29, 1.82) is 0 Å². The van der Waals surface area contributed by atoms with Crippen molar-refractivity contribution in [2.75, 3.05) is 23.7 Å². The van der Waals surface area contributed by atoms with E-state index in [0.29, 0.717) is 18.8 Å². The van der Waals surface area contributed by atoms with Gasteiger partial charge in [0.05, 0.1) is 16.9 Å². The van der Waals surface area contributed by atoms with Gasteiger partial charge in [-0.15, -0.1) is 24.8 Å². The third kappa shape index (κ3) is 5.30. The van der Waals surface area contributed by atoms with Crippen LogP contribution in [0.15, 0.2) is 18.2 Å². The quantitative estimate of drug-likeness (QED) is 0.567. The summed E-state index contributed by atoms with van der Waals surface area (Å²) in [5, 5.41) is 15.6. The number of fused-ring (bicyclic) bond motifs is 1. The van der Waals surface area contributed by atoms with E-state index in [9.17, 15) is 18.0 Å². The fourth-order valence-electron chi connectivity index (χ4n) is 2.83. The molecule has 0 fully saturated rings. The molecule has 6 nitrogen and oxygen atoms in total. The molecule has 1 aliphatic heterocycles. The molecule has 1 aromatic carbocycles. The Morgan fingerprint density at radius 1 is 1.25 bits per heavy atom. The van der Waals surface area contributed by atoms with Gasteiger partial charge in [-0.05, 0) is 24.6 Å². The van der Waals surface area contributed by atoms with Gasteiger partial charge in [-0.1, -0.05) is 6.92 Å². The molecule has 0 radical (unpaired) electrons. The summed E-state index contributed by atoms with van der Waals surface area (Å²) in [5.74, 6) is -0.537. The molecular weight excluding hydrogens is 418 g/mol. The lowest BCUT2D eigenvalue weighted by molar-refractivity contribution is -0.137. The van der Waals surface area contributed by atoms with Gasteiger partial charge in [0, 0.05) is 37.3 Å². The second-order valence-electron chi connectivity index (χ2n) is 6.10. The zero-order valence-electron chi connectivity index (χ0n) is 15.1. The third-order valence-electron chi connectivity index (χ3n) is 4.18. The van der Waals surface area contributed by atoms with Crippen molar-refractivity contribution in [1.82, 2.24) is 15.5 Å². The molecule has 2 aromatic rings. The summed E-state index contributed by atoms with van der Waals surface area (Å²) in [7, 11) is 0. The van der Waals surface area contributed by atoms with E-state index in [-0.39, 0.29) is 36.2 Å². The number of nitrogens with zero attached hydrogens (tertiary/aromatic N) is 1. The molecule has 0 saturated heterocycles. The first-order valence-corrected chi connectivity index (χ1v) is 8.43. The van der Waals surface area contributed by atoms with E-state index in [1.807, 2.05) is 6.92 Å². The van der Waals surface area contributed by atoms with Crippen LogP contribution in [0.5, 0.6) is 0 Å². The SMILES string of the molecule is CCCNc1ccc(C(F)(F)F)cc1NC(=O)c1n[nH]c2c1CNCC2.Cl.Cl. The highest BCUT2D eigenvalue weighted by Gasteiger charge is 2.31. The minimum atomic E-state index is -4.49. The van der Waals surface area contributed by atoms with E-state index in [0.717, 1.165) is 42.8 Å². The summed E-state index contributed by atoms with van der Waals surface area (Å²) in [4.78, 5) is 12.6. The second kappa shape index (κ2) is 9.99. The molecule has 156 valence electrons. The highest BCUT2D eigenvalue weighted by molar-refractivity contribution is 6.05. The molecule has 0 unspecified atom stereocenters. The number of carbonyl (C=O) groups is 1. The second-order valence-corrected chi connectivity index (χ2v) is 6.10. The fourth-order valence-corrected chi connectivity index (χ4v) is 2.83. The standard InChI is InChI=1S/C17H20F3N5O.2ClH/c1-2-6-22-13-4-3-10(17(18,19)20)8-14(13)23-16(26)15-11-9-21-7-5-12(11)24-25-15;;/h3-4,8,21-22H,2,5-7,9H2,1H3,(H,23,26)(H,24,25);2*1H. The van der Waals surface area contributed by atoms with Crippen molar-refractivity contribution in [3.8, 4) is 0 Å². The summed E-state index contributed by atoms with van der Waals surface area (Å²) >= 11 is 0. The maximum absolute atomic E-state index is 13.0. The Labute approximate surface area is 172 Å². The van der Waals surface area contributed by atoms with E-state index in [2.05, 4.69) is 26.1 Å². The van der Waals surface area contributed by atoms with Crippen LogP contribution in [0, 0.1) is 0 Å². The molecular formula is C17H22Cl2F3N5O. The summed E-state index contributed by atoms with van der Waals surface area (Å²) in [6, 6.07) is 3.26. The number of carbonyl (C=O) groups excluding carboxylic acids is 1. The van der Waals surface area contributed by atoms with E-state index in [4.69, 9.17) is 0 Å². The minimum Gasteiger partial charge on any atom is -0.383 e. The number of hydrogen-bond donors (Lipinski definition) is 4. The van der Waals surface area contributed by atoms with Crippen LogP contribution in [0.4, 0.5) is 24.5 Å². The van der Waals surface area contributed by atoms with Crippen LogP contribution >= 0.6 is 24.8 Å². The number of amides is 1. The predicted octanol–water partition coefficient (Wildman–Crippen LogP) is 3.99. The van der Waals surface area contributed by atoms with Crippen LogP contribution in [0.25, 0.3) is 0 Å². The molecule has 1 amide bonds. The van der Waals surface area contributed by atoms with Crippen molar-refractivity contribution < 1.29 is 18.0 Å². The molecule has 0 spiro atoms. The lowest BCUT2D eigenvalue weighted by atomic mass is 10.1. The van der Waals surface area contributed by atoms with Crippen LogP contribution in [0.1, 0.15) is 40.7 Å². The molecule has 0 saturated carbocycles. The van der Waals surface area contributed by atoms with Crippen LogP contribution in [-0.2, 0) is 19.1 Å². The van der Waals surface area contributed by atoms with Gasteiger partial charge in [0.2, 0.25) is 0 Å². The minimum absolute atomic E-state index is 0. The van der Waals surface area contributed by atoms with Gasteiger partial charge in [0.25, 0.3) is 5.91 Å². The van der Waals surface area contributed by atoms with Crippen molar-refractivity contribution >= 4 is 42.1 Å². The van der Waals surface area contributed by atoms with Crippen molar-refractivity contribution in [3.63, 3.8) is 0 Å². The Morgan fingerprint density at radius 2 is 2.00 bits per heavy atom. The normalized spacial score (nSPS) is 13.0. The number of aromatic nitrogens is 2. The number of benzene rings is 1. The van der Waals surface area contributed by atoms with Crippen LogP contribution in [-0.4, -0.2) is 29.2 Å². The smallest absolute Gasteiger partial charge is 0.383 e. The number of H-pyrrole nitrogens is 1. The molecule has 0 bridgehead atoms. The zero-order chi connectivity index (χ0) is 18.7. The Balaban J connectivity index is 0.00000196. The average molecular weight is 440 g/mol. The van der Waals surface area contributed by atoms with Crippen molar-refractivity contribution in [2.24, 2.45) is 0 Å². The molecule has 0 atom stereocenters. The van der Waals surface area contributed by atoms with E-state index >= 15 is 0 Å². The van der Waals surface area contributed by atoms with Gasteiger partial charge in [0.15, 0.2) is 5.69 Å². The fraction of sp³-hybridized carbons (Fsp3) is 0.412. The number of aromatic amines is 1. The van der Waals surface area contributed by atoms with Gasteiger partial charge >= 0.3 is 6.18 Å². The van der Waals surface area contributed by atoms with Crippen LogP contribution in [0.3, 0.4) is 0 Å². The predicted molar refractivity (Wildman–Crippen MR) is 107 cm³/mol. The Hall–Kier alpha value is -1.97. The summed E-state index contributed by atoms with van der Waals surface area (Å²) < 4.78 is 39.1. The van der Waals surface area contributed by atoms with Crippen molar-refractivity contribution in [3.05, 3.63) is 40.7 Å². The summed E-state index contributed by atoms with van der Waals surface area (Å²) in [6.45, 7) is 3.81. The number of hydrogen-bond acceptors (Lipinski definition) is 4. The van der Waals surface area contributed by atoms with E-state index in [1.165, 1.54) is 6.07 Å². The van der Waals surface area contributed by atoms with Gasteiger partial charge in [0.1, 0.15) is 0 Å². The third-order valence-corrected chi connectivity index (χ3v) is 4.18. The lowest BCUT2D eigenvalue weighted by Gasteiger charge is -2.16. The molecule has 1 aromatic heterocycles.